The van der Waals surface area contributed by atoms with E-state index in [9.17, 15) is 14.0 Å². The Kier molecular flexibility index (Phi) is 6.98. The number of rotatable bonds is 7. The molecular formula is C27H28FN7O2. The summed E-state index contributed by atoms with van der Waals surface area (Å²) in [4.78, 5) is 40.9. The van der Waals surface area contributed by atoms with Gasteiger partial charge in [0.15, 0.2) is 5.82 Å². The van der Waals surface area contributed by atoms with Crippen LogP contribution < -0.4 is 15.5 Å². The van der Waals surface area contributed by atoms with Crippen molar-refractivity contribution in [3.05, 3.63) is 72.2 Å². The fourth-order valence-electron chi connectivity index (χ4n) is 4.42. The molecule has 1 saturated heterocycles. The molecule has 0 aliphatic carbocycles. The number of H-pyrrole nitrogens is 1. The van der Waals surface area contributed by atoms with Crippen LogP contribution in [0, 0.1) is 5.82 Å². The van der Waals surface area contributed by atoms with E-state index in [1.807, 2.05) is 41.3 Å². The normalized spacial score (nSPS) is 13.6. The number of benzene rings is 2. The number of hydrogen-bond acceptors (Lipinski definition) is 6. The van der Waals surface area contributed by atoms with Gasteiger partial charge in [0, 0.05) is 51.8 Å². The summed E-state index contributed by atoms with van der Waals surface area (Å²) in [5.74, 6) is 0.591. The largest absolute Gasteiger partial charge is 0.368 e. The summed E-state index contributed by atoms with van der Waals surface area (Å²) in [5, 5.41) is 6.71. The van der Waals surface area contributed by atoms with Gasteiger partial charge in [-0.15, -0.1) is 0 Å². The molecule has 5 rings (SSSR count). The van der Waals surface area contributed by atoms with Crippen LogP contribution in [-0.2, 0) is 4.79 Å². The summed E-state index contributed by atoms with van der Waals surface area (Å²) in [6.07, 6.45) is 0. The van der Waals surface area contributed by atoms with Crippen molar-refractivity contribution in [1.29, 1.82) is 0 Å². The van der Waals surface area contributed by atoms with Crippen LogP contribution in [0.3, 0.4) is 0 Å². The molecule has 0 bridgehead atoms. The van der Waals surface area contributed by atoms with Gasteiger partial charge in [0.1, 0.15) is 23.0 Å². The molecule has 3 N–H and O–H groups in total. The summed E-state index contributed by atoms with van der Waals surface area (Å²) in [7, 11) is 0. The third kappa shape index (κ3) is 5.37. The highest BCUT2D eigenvalue weighted by Crippen LogP contribution is 2.27. The molecule has 190 valence electrons. The molecule has 1 fully saturated rings. The first kappa shape index (κ1) is 24.2. The Morgan fingerprint density at radius 3 is 2.43 bits per heavy atom. The number of nitrogens with one attached hydrogen (secondary N) is 3. The second kappa shape index (κ2) is 10.7. The number of aromatic amines is 1. The van der Waals surface area contributed by atoms with Crippen LogP contribution in [-0.4, -0.2) is 70.9 Å². The van der Waals surface area contributed by atoms with E-state index in [0.29, 0.717) is 73.3 Å². The van der Waals surface area contributed by atoms with Crippen molar-refractivity contribution in [3.63, 3.8) is 0 Å². The molecule has 37 heavy (non-hydrogen) atoms. The van der Waals surface area contributed by atoms with Gasteiger partial charge in [-0.2, -0.15) is 0 Å². The number of anilines is 2. The number of hydrogen-bond donors (Lipinski definition) is 3. The summed E-state index contributed by atoms with van der Waals surface area (Å²) >= 11 is 0. The maximum Gasteiger partial charge on any atom is 0.270 e. The first-order valence-corrected chi connectivity index (χ1v) is 12.2. The molecule has 0 spiro atoms. The number of halogens is 1. The van der Waals surface area contributed by atoms with Crippen molar-refractivity contribution in [2.45, 2.75) is 6.92 Å². The lowest BCUT2D eigenvalue weighted by molar-refractivity contribution is -0.118. The van der Waals surface area contributed by atoms with Crippen LogP contribution in [0.5, 0.6) is 0 Å². The van der Waals surface area contributed by atoms with E-state index in [4.69, 9.17) is 4.98 Å². The molecule has 10 heteroatoms. The van der Waals surface area contributed by atoms with Gasteiger partial charge in [0.05, 0.1) is 11.1 Å². The molecule has 1 aliphatic heterocycles. The van der Waals surface area contributed by atoms with E-state index in [2.05, 4.69) is 20.6 Å². The molecule has 4 aromatic rings. The number of nitrogens with zero attached hydrogens (tertiary/aromatic N) is 4. The SMILES string of the molecule is CC(=O)NCCNc1nc(-c2ccccc2)nc2[nH]c(C(=O)N3CCN(c4ccccc4F)CC3)cc12. The smallest absolute Gasteiger partial charge is 0.270 e. The molecule has 2 aromatic carbocycles. The van der Waals surface area contributed by atoms with Gasteiger partial charge in [-0.1, -0.05) is 42.5 Å². The summed E-state index contributed by atoms with van der Waals surface area (Å²) in [6.45, 7) is 4.41. The predicted molar refractivity (Wildman–Crippen MR) is 141 cm³/mol. The van der Waals surface area contributed by atoms with Gasteiger partial charge in [-0.05, 0) is 18.2 Å². The first-order chi connectivity index (χ1) is 18.0. The molecule has 3 heterocycles. The fourth-order valence-corrected chi connectivity index (χ4v) is 4.42. The molecular weight excluding hydrogens is 473 g/mol. The third-order valence-corrected chi connectivity index (χ3v) is 6.30. The highest BCUT2D eigenvalue weighted by Gasteiger charge is 2.25. The lowest BCUT2D eigenvalue weighted by Crippen LogP contribution is -2.49. The zero-order valence-corrected chi connectivity index (χ0v) is 20.5. The van der Waals surface area contributed by atoms with Gasteiger partial charge in [0.25, 0.3) is 5.91 Å². The van der Waals surface area contributed by atoms with Crippen LogP contribution in [0.2, 0.25) is 0 Å². The molecule has 2 amide bonds. The minimum atomic E-state index is -0.260. The summed E-state index contributed by atoms with van der Waals surface area (Å²) in [5.41, 5.74) is 2.36. The Balaban J connectivity index is 1.37. The minimum absolute atomic E-state index is 0.107. The van der Waals surface area contributed by atoms with Crippen LogP contribution in [0.1, 0.15) is 17.4 Å². The lowest BCUT2D eigenvalue weighted by atomic mass is 10.2. The monoisotopic (exact) mass is 501 g/mol. The predicted octanol–water partition coefficient (Wildman–Crippen LogP) is 3.27. The van der Waals surface area contributed by atoms with Crippen LogP contribution in [0.25, 0.3) is 22.4 Å². The van der Waals surface area contributed by atoms with E-state index in [-0.39, 0.29) is 17.6 Å². The van der Waals surface area contributed by atoms with E-state index in [1.165, 1.54) is 13.0 Å². The highest BCUT2D eigenvalue weighted by molar-refractivity contribution is 6.00. The first-order valence-electron chi connectivity index (χ1n) is 12.2. The Morgan fingerprint density at radius 1 is 0.973 bits per heavy atom. The standard InChI is InChI=1S/C27H28FN7O2/c1-18(36)29-11-12-30-25-20-17-22(31-26(20)33-24(32-25)19-7-3-2-4-8-19)27(37)35-15-13-34(14-16-35)23-10-6-5-9-21(23)28/h2-10,17H,11-16H2,1H3,(H,29,36)(H2,30,31,32,33). The molecule has 0 unspecified atom stereocenters. The Labute approximate surface area is 213 Å². The molecule has 0 radical (unpaired) electrons. The van der Waals surface area contributed by atoms with Gasteiger partial charge >= 0.3 is 0 Å². The van der Waals surface area contributed by atoms with Crippen LogP contribution in [0.15, 0.2) is 60.7 Å². The molecule has 0 saturated carbocycles. The summed E-state index contributed by atoms with van der Waals surface area (Å²) < 4.78 is 14.2. The topological polar surface area (TPSA) is 106 Å². The maximum absolute atomic E-state index is 14.2. The minimum Gasteiger partial charge on any atom is -0.368 e. The van der Waals surface area contributed by atoms with Gasteiger partial charge < -0.3 is 25.4 Å². The van der Waals surface area contributed by atoms with E-state index < -0.39 is 0 Å². The van der Waals surface area contributed by atoms with Crippen molar-refractivity contribution in [2.75, 3.05) is 49.5 Å². The van der Waals surface area contributed by atoms with Crippen LogP contribution >= 0.6 is 0 Å². The Hall–Kier alpha value is -4.47. The third-order valence-electron chi connectivity index (χ3n) is 6.30. The number of fused-ring (bicyclic) bond motifs is 1. The van der Waals surface area contributed by atoms with Crippen molar-refractivity contribution >= 4 is 34.4 Å². The van der Waals surface area contributed by atoms with Crippen molar-refractivity contribution in [1.82, 2.24) is 25.2 Å². The summed E-state index contributed by atoms with van der Waals surface area (Å²) in [6, 6.07) is 18.0. The van der Waals surface area contributed by atoms with E-state index in [1.54, 1.807) is 23.1 Å². The number of piperazine rings is 1. The average molecular weight is 502 g/mol. The zero-order valence-electron chi connectivity index (χ0n) is 20.5. The van der Waals surface area contributed by atoms with Crippen molar-refractivity contribution < 1.29 is 14.0 Å². The molecule has 2 aromatic heterocycles. The molecule has 1 aliphatic rings. The van der Waals surface area contributed by atoms with E-state index >= 15 is 0 Å². The number of aromatic nitrogens is 3. The quantitative estimate of drug-likeness (QED) is 0.336. The van der Waals surface area contributed by atoms with E-state index in [0.717, 1.165) is 5.56 Å². The lowest BCUT2D eigenvalue weighted by Gasteiger charge is -2.36. The van der Waals surface area contributed by atoms with Crippen molar-refractivity contribution in [2.24, 2.45) is 0 Å². The Bertz CT molecular complexity index is 1420. The van der Waals surface area contributed by atoms with Gasteiger partial charge in [0.2, 0.25) is 5.91 Å². The van der Waals surface area contributed by atoms with Crippen LogP contribution in [0.4, 0.5) is 15.9 Å². The number of para-hydroxylation sites is 1. The fraction of sp³-hybridized carbons (Fsp3) is 0.259. The Morgan fingerprint density at radius 2 is 1.70 bits per heavy atom. The van der Waals surface area contributed by atoms with Crippen molar-refractivity contribution in [3.8, 4) is 11.4 Å². The highest BCUT2D eigenvalue weighted by atomic mass is 19.1. The average Bonchev–Trinajstić information content (AvgIpc) is 3.36. The number of amides is 2. The maximum atomic E-state index is 14.2. The number of carbonyl (C=O) groups is 2. The number of carbonyl (C=O) groups excluding carboxylic acids is 2. The molecule has 9 nitrogen and oxygen atoms in total. The van der Waals surface area contributed by atoms with Gasteiger partial charge in [-0.25, -0.2) is 14.4 Å². The second-order valence-corrected chi connectivity index (χ2v) is 8.85. The zero-order chi connectivity index (χ0) is 25.8. The van der Waals surface area contributed by atoms with Gasteiger partial charge in [-0.3, -0.25) is 9.59 Å². The second-order valence-electron chi connectivity index (χ2n) is 8.85. The molecule has 0 atom stereocenters.